The van der Waals surface area contributed by atoms with Crippen LogP contribution in [-0.2, 0) is 6.42 Å². The van der Waals surface area contributed by atoms with Crippen LogP contribution in [0.4, 0.5) is 10.5 Å². The molecule has 5 heteroatoms. The predicted molar refractivity (Wildman–Crippen MR) is 97.0 cm³/mol. The fourth-order valence-electron chi connectivity index (χ4n) is 3.59. The number of nitrogens with zero attached hydrogens (tertiary/aromatic N) is 2. The average Bonchev–Trinajstić information content (AvgIpc) is 3.03. The van der Waals surface area contributed by atoms with E-state index in [1.54, 1.807) is 0 Å². The second-order valence-electron chi connectivity index (χ2n) is 6.63. The number of urea groups is 1. The topological polar surface area (TPSA) is 44.8 Å². The fraction of sp³-hybridized carbons (Fsp3) is 0.632. The van der Waals surface area contributed by atoms with Crippen LogP contribution in [0.2, 0.25) is 0 Å². The summed E-state index contributed by atoms with van der Waals surface area (Å²) in [6.45, 7) is 7.73. The normalized spacial score (nSPS) is 17.6. The van der Waals surface area contributed by atoms with Gasteiger partial charge in [-0.15, -0.1) is 0 Å². The van der Waals surface area contributed by atoms with Crippen molar-refractivity contribution in [1.82, 2.24) is 10.2 Å². The third kappa shape index (κ3) is 4.20. The number of ether oxygens (including phenoxy) is 1. The monoisotopic (exact) mass is 331 g/mol. The van der Waals surface area contributed by atoms with E-state index in [0.717, 1.165) is 44.0 Å². The van der Waals surface area contributed by atoms with Gasteiger partial charge in [0.05, 0.1) is 6.61 Å². The third-order valence-electron chi connectivity index (χ3n) is 4.86. The highest BCUT2D eigenvalue weighted by Gasteiger charge is 2.24. The lowest BCUT2D eigenvalue weighted by Crippen LogP contribution is -2.38. The Morgan fingerprint density at radius 1 is 1.21 bits per heavy atom. The minimum Gasteiger partial charge on any atom is -0.494 e. The Hall–Kier alpha value is -1.75. The largest absolute Gasteiger partial charge is 0.494 e. The molecule has 0 saturated carbocycles. The van der Waals surface area contributed by atoms with Crippen LogP contribution in [0.1, 0.15) is 38.2 Å². The first-order valence-corrected chi connectivity index (χ1v) is 9.31. The Labute approximate surface area is 145 Å². The van der Waals surface area contributed by atoms with Gasteiger partial charge >= 0.3 is 6.03 Å². The van der Waals surface area contributed by atoms with Crippen molar-refractivity contribution in [3.05, 3.63) is 23.8 Å². The molecule has 1 aromatic carbocycles. The number of piperidine rings is 1. The molecule has 0 radical (unpaired) electrons. The van der Waals surface area contributed by atoms with Gasteiger partial charge < -0.3 is 15.0 Å². The first kappa shape index (κ1) is 17.1. The van der Waals surface area contributed by atoms with Crippen molar-refractivity contribution >= 4 is 11.7 Å². The zero-order valence-electron chi connectivity index (χ0n) is 14.7. The molecule has 2 aliphatic rings. The van der Waals surface area contributed by atoms with Crippen LogP contribution in [0.25, 0.3) is 0 Å². The van der Waals surface area contributed by atoms with Crippen molar-refractivity contribution in [3.8, 4) is 5.75 Å². The molecule has 132 valence electrons. The number of benzene rings is 1. The van der Waals surface area contributed by atoms with Gasteiger partial charge in [0.25, 0.3) is 0 Å². The number of hydrogen-bond acceptors (Lipinski definition) is 3. The van der Waals surface area contributed by atoms with E-state index in [9.17, 15) is 4.79 Å². The summed E-state index contributed by atoms with van der Waals surface area (Å²) in [4.78, 5) is 16.4. The van der Waals surface area contributed by atoms with Crippen LogP contribution in [0.3, 0.4) is 0 Å². The highest BCUT2D eigenvalue weighted by molar-refractivity contribution is 5.94. The summed E-state index contributed by atoms with van der Waals surface area (Å²) in [5.74, 6) is 0.921. The number of fused-ring (bicyclic) bond motifs is 1. The minimum atomic E-state index is -0.00792. The van der Waals surface area contributed by atoms with E-state index >= 15 is 0 Å². The maximum atomic E-state index is 12.0. The molecule has 2 amide bonds. The molecule has 2 heterocycles. The molecule has 0 aromatic heterocycles. The van der Waals surface area contributed by atoms with Crippen molar-refractivity contribution in [2.45, 2.75) is 39.0 Å². The van der Waals surface area contributed by atoms with Crippen molar-refractivity contribution in [1.29, 1.82) is 0 Å². The zero-order chi connectivity index (χ0) is 16.8. The van der Waals surface area contributed by atoms with Gasteiger partial charge in [0, 0.05) is 25.3 Å². The van der Waals surface area contributed by atoms with Gasteiger partial charge in [0.15, 0.2) is 0 Å². The van der Waals surface area contributed by atoms with Crippen LogP contribution >= 0.6 is 0 Å². The van der Waals surface area contributed by atoms with Gasteiger partial charge in [-0.3, -0.25) is 4.90 Å². The van der Waals surface area contributed by atoms with Crippen molar-refractivity contribution in [2.75, 3.05) is 44.2 Å². The molecule has 0 unspecified atom stereocenters. The summed E-state index contributed by atoms with van der Waals surface area (Å²) in [6.07, 6.45) is 6.04. The lowest BCUT2D eigenvalue weighted by molar-refractivity contribution is 0.205. The maximum Gasteiger partial charge on any atom is 0.321 e. The molecular weight excluding hydrogens is 302 g/mol. The molecule has 1 N–H and O–H groups in total. The molecule has 1 aromatic rings. The Morgan fingerprint density at radius 2 is 2.04 bits per heavy atom. The van der Waals surface area contributed by atoms with Crippen molar-refractivity contribution in [3.63, 3.8) is 0 Å². The summed E-state index contributed by atoms with van der Waals surface area (Å²) in [5, 5.41) is 2.87. The number of hydrogen-bond donors (Lipinski definition) is 1. The predicted octanol–water partition coefficient (Wildman–Crippen LogP) is 3.03. The zero-order valence-corrected chi connectivity index (χ0v) is 14.7. The maximum absolute atomic E-state index is 12.0. The smallest absolute Gasteiger partial charge is 0.321 e. The van der Waals surface area contributed by atoms with Gasteiger partial charge in [0.2, 0.25) is 0 Å². The minimum absolute atomic E-state index is 0.00792. The summed E-state index contributed by atoms with van der Waals surface area (Å²) in [6, 6.07) is 6.08. The number of rotatable bonds is 6. The highest BCUT2D eigenvalue weighted by atomic mass is 16.5. The van der Waals surface area contributed by atoms with Crippen LogP contribution in [0.5, 0.6) is 5.75 Å². The summed E-state index contributed by atoms with van der Waals surface area (Å²) in [7, 11) is 0. The molecule has 3 rings (SSSR count). The Bertz CT molecular complexity index is 556. The Balaban J connectivity index is 1.47. The van der Waals surface area contributed by atoms with Gasteiger partial charge in [-0.2, -0.15) is 0 Å². The standard InChI is InChI=1S/C19H29N3O2/c1-2-20-19(23)22-13-9-16-15-17(7-8-18(16)22)24-14-6-12-21-10-4-3-5-11-21/h7-8,15H,2-6,9-14H2,1H3,(H,20,23). The van der Waals surface area contributed by atoms with E-state index in [2.05, 4.69) is 16.3 Å². The molecule has 0 spiro atoms. The second kappa shape index (κ2) is 8.38. The molecule has 1 fully saturated rings. The van der Waals surface area contributed by atoms with Gasteiger partial charge in [0.1, 0.15) is 5.75 Å². The van der Waals surface area contributed by atoms with Crippen LogP contribution in [0.15, 0.2) is 18.2 Å². The number of likely N-dealkylation sites (tertiary alicyclic amines) is 1. The Kier molecular flexibility index (Phi) is 5.96. The van der Waals surface area contributed by atoms with Crippen LogP contribution in [0, 0.1) is 0 Å². The molecular formula is C19H29N3O2. The second-order valence-corrected chi connectivity index (χ2v) is 6.63. The quantitative estimate of drug-likeness (QED) is 0.815. The molecule has 5 nitrogen and oxygen atoms in total. The number of amides is 2. The Morgan fingerprint density at radius 3 is 2.83 bits per heavy atom. The van der Waals surface area contributed by atoms with Crippen LogP contribution in [-0.4, -0.2) is 50.3 Å². The first-order chi connectivity index (χ1) is 11.8. The fourth-order valence-corrected chi connectivity index (χ4v) is 3.59. The van der Waals surface area contributed by atoms with E-state index in [1.165, 1.54) is 37.9 Å². The van der Waals surface area contributed by atoms with Crippen molar-refractivity contribution in [2.24, 2.45) is 0 Å². The van der Waals surface area contributed by atoms with E-state index < -0.39 is 0 Å². The molecule has 24 heavy (non-hydrogen) atoms. The number of carbonyl (C=O) groups is 1. The third-order valence-corrected chi connectivity index (χ3v) is 4.86. The van der Waals surface area contributed by atoms with Crippen LogP contribution < -0.4 is 15.0 Å². The van der Waals surface area contributed by atoms with E-state index in [0.29, 0.717) is 6.54 Å². The highest BCUT2D eigenvalue weighted by Crippen LogP contribution is 2.31. The first-order valence-electron chi connectivity index (χ1n) is 9.31. The SMILES string of the molecule is CCNC(=O)N1CCc2cc(OCCCN3CCCCC3)ccc21. The molecule has 0 atom stereocenters. The van der Waals surface area contributed by atoms with Gasteiger partial charge in [-0.25, -0.2) is 4.79 Å². The lowest BCUT2D eigenvalue weighted by atomic mass is 10.1. The average molecular weight is 331 g/mol. The van der Waals surface area contributed by atoms with E-state index in [1.807, 2.05) is 24.0 Å². The summed E-state index contributed by atoms with van der Waals surface area (Å²) in [5.41, 5.74) is 2.22. The lowest BCUT2D eigenvalue weighted by Gasteiger charge is -2.26. The molecule has 0 aliphatic carbocycles. The molecule has 2 aliphatic heterocycles. The van der Waals surface area contributed by atoms with Crippen molar-refractivity contribution < 1.29 is 9.53 Å². The summed E-state index contributed by atoms with van der Waals surface area (Å²) >= 11 is 0. The molecule has 0 bridgehead atoms. The van der Waals surface area contributed by atoms with Gasteiger partial charge in [-0.1, -0.05) is 6.42 Å². The number of nitrogens with one attached hydrogen (secondary N) is 1. The summed E-state index contributed by atoms with van der Waals surface area (Å²) < 4.78 is 5.92. The van der Waals surface area contributed by atoms with Gasteiger partial charge in [-0.05, 0) is 69.5 Å². The van der Waals surface area contributed by atoms with E-state index in [-0.39, 0.29) is 6.03 Å². The number of anilines is 1. The number of carbonyl (C=O) groups excluding carboxylic acids is 1. The molecule has 1 saturated heterocycles. The van der Waals surface area contributed by atoms with E-state index in [4.69, 9.17) is 4.74 Å².